The number of rotatable bonds is 4. The Balaban J connectivity index is 1.26. The second-order valence-electron chi connectivity index (χ2n) is 6.63. The number of hydrogen-bond acceptors (Lipinski definition) is 7. The molecule has 0 aliphatic carbocycles. The number of ether oxygens (including phenoxy) is 1. The summed E-state index contributed by atoms with van der Waals surface area (Å²) in [5.41, 5.74) is 2.87. The first-order valence-electron chi connectivity index (χ1n) is 9.27. The number of amides is 1. The molecule has 0 spiro atoms. The van der Waals surface area contributed by atoms with Crippen LogP contribution in [-0.4, -0.2) is 51.8 Å². The highest BCUT2D eigenvalue weighted by Gasteiger charge is 2.15. The van der Waals surface area contributed by atoms with E-state index >= 15 is 0 Å². The zero-order valence-electron chi connectivity index (χ0n) is 15.5. The SMILES string of the molecule is O=C(Nc1ccc(-c2cn3ccsc3n2)cc1)c1ccc(N2CCOCC2)nn1. The predicted molar refractivity (Wildman–Crippen MR) is 112 cm³/mol. The Labute approximate surface area is 170 Å². The number of anilines is 2. The normalized spacial score (nSPS) is 14.3. The summed E-state index contributed by atoms with van der Waals surface area (Å²) >= 11 is 1.59. The van der Waals surface area contributed by atoms with Crippen LogP contribution in [0.1, 0.15) is 10.5 Å². The van der Waals surface area contributed by atoms with Gasteiger partial charge in [0.05, 0.1) is 18.9 Å². The quantitative estimate of drug-likeness (QED) is 0.561. The molecule has 29 heavy (non-hydrogen) atoms. The maximum absolute atomic E-state index is 12.5. The smallest absolute Gasteiger partial charge is 0.276 e. The Morgan fingerprint density at radius 3 is 2.62 bits per heavy atom. The second kappa shape index (κ2) is 7.61. The molecule has 5 rings (SSSR count). The summed E-state index contributed by atoms with van der Waals surface area (Å²) in [7, 11) is 0. The Bertz CT molecular complexity index is 1100. The molecule has 8 nitrogen and oxygen atoms in total. The zero-order valence-corrected chi connectivity index (χ0v) is 16.3. The van der Waals surface area contributed by atoms with Crippen LogP contribution in [-0.2, 0) is 4.74 Å². The standard InChI is InChI=1S/C20H18N6O2S/c27-19(16-5-6-18(24-23-16)25-7-10-28-11-8-25)21-15-3-1-14(2-4-15)17-13-26-9-12-29-20(26)22-17/h1-6,9,12-13H,7-8,10-11H2,(H,21,27). The third-order valence-electron chi connectivity index (χ3n) is 4.75. The zero-order chi connectivity index (χ0) is 19.6. The van der Waals surface area contributed by atoms with Gasteiger partial charge in [-0.1, -0.05) is 12.1 Å². The number of hydrogen-bond donors (Lipinski definition) is 1. The van der Waals surface area contributed by atoms with Gasteiger partial charge >= 0.3 is 0 Å². The average Bonchev–Trinajstić information content (AvgIpc) is 3.38. The topological polar surface area (TPSA) is 84.7 Å². The van der Waals surface area contributed by atoms with Crippen molar-refractivity contribution in [2.75, 3.05) is 36.5 Å². The summed E-state index contributed by atoms with van der Waals surface area (Å²) in [6.45, 7) is 2.91. The van der Waals surface area contributed by atoms with Crippen molar-refractivity contribution in [3.05, 3.63) is 59.9 Å². The lowest BCUT2D eigenvalue weighted by Gasteiger charge is -2.27. The molecule has 4 heterocycles. The van der Waals surface area contributed by atoms with Crippen molar-refractivity contribution in [1.29, 1.82) is 0 Å². The number of carbonyl (C=O) groups is 1. The summed E-state index contributed by atoms with van der Waals surface area (Å²) in [6.07, 6.45) is 3.97. The highest BCUT2D eigenvalue weighted by molar-refractivity contribution is 7.15. The Hall–Kier alpha value is -3.30. The van der Waals surface area contributed by atoms with Crippen molar-refractivity contribution >= 4 is 33.7 Å². The van der Waals surface area contributed by atoms with Gasteiger partial charge in [0, 0.05) is 42.1 Å². The van der Waals surface area contributed by atoms with Gasteiger partial charge in [0.1, 0.15) is 0 Å². The first kappa shape index (κ1) is 17.8. The number of imidazole rings is 1. The summed E-state index contributed by atoms with van der Waals surface area (Å²) < 4.78 is 7.33. The lowest BCUT2D eigenvalue weighted by Crippen LogP contribution is -2.37. The fourth-order valence-corrected chi connectivity index (χ4v) is 3.89. The third kappa shape index (κ3) is 3.69. The Kier molecular flexibility index (Phi) is 4.66. The van der Waals surface area contributed by atoms with Crippen LogP contribution in [0.2, 0.25) is 0 Å². The molecule has 3 aromatic heterocycles. The molecule has 1 amide bonds. The number of carbonyl (C=O) groups excluding carboxylic acids is 1. The number of thiazole rings is 1. The van der Waals surface area contributed by atoms with E-state index in [4.69, 9.17) is 4.74 Å². The van der Waals surface area contributed by atoms with Crippen molar-refractivity contribution in [3.63, 3.8) is 0 Å². The molecule has 0 radical (unpaired) electrons. The maximum Gasteiger partial charge on any atom is 0.276 e. The van der Waals surface area contributed by atoms with Crippen LogP contribution in [0.25, 0.3) is 16.2 Å². The minimum Gasteiger partial charge on any atom is -0.378 e. The third-order valence-corrected chi connectivity index (χ3v) is 5.52. The highest BCUT2D eigenvalue weighted by atomic mass is 32.1. The highest BCUT2D eigenvalue weighted by Crippen LogP contribution is 2.23. The van der Waals surface area contributed by atoms with Crippen molar-refractivity contribution in [2.45, 2.75) is 0 Å². The molecule has 1 fully saturated rings. The molecule has 9 heteroatoms. The van der Waals surface area contributed by atoms with Crippen LogP contribution in [0.4, 0.5) is 11.5 Å². The molecule has 146 valence electrons. The first-order chi connectivity index (χ1) is 14.3. The monoisotopic (exact) mass is 406 g/mol. The van der Waals surface area contributed by atoms with E-state index in [9.17, 15) is 4.79 Å². The van der Waals surface area contributed by atoms with Gasteiger partial charge in [-0.15, -0.1) is 21.5 Å². The largest absolute Gasteiger partial charge is 0.378 e. The van der Waals surface area contributed by atoms with Crippen LogP contribution < -0.4 is 10.2 Å². The van der Waals surface area contributed by atoms with E-state index in [0.29, 0.717) is 18.9 Å². The van der Waals surface area contributed by atoms with Crippen molar-refractivity contribution in [2.24, 2.45) is 0 Å². The number of nitrogens with zero attached hydrogens (tertiary/aromatic N) is 5. The lowest BCUT2D eigenvalue weighted by atomic mass is 10.1. The van der Waals surface area contributed by atoms with Gasteiger partial charge in [-0.3, -0.25) is 9.20 Å². The number of benzene rings is 1. The Morgan fingerprint density at radius 2 is 1.90 bits per heavy atom. The van der Waals surface area contributed by atoms with Crippen LogP contribution >= 0.6 is 11.3 Å². The molecule has 0 atom stereocenters. The van der Waals surface area contributed by atoms with E-state index in [2.05, 4.69) is 25.4 Å². The molecule has 0 bridgehead atoms. The fraction of sp³-hybridized carbons (Fsp3) is 0.200. The van der Waals surface area contributed by atoms with Crippen LogP contribution in [0.3, 0.4) is 0 Å². The van der Waals surface area contributed by atoms with Crippen molar-refractivity contribution < 1.29 is 9.53 Å². The first-order valence-corrected chi connectivity index (χ1v) is 10.1. The minimum atomic E-state index is -0.290. The molecule has 1 N–H and O–H groups in total. The molecular formula is C20H18N6O2S. The van der Waals surface area contributed by atoms with Crippen molar-refractivity contribution in [3.8, 4) is 11.3 Å². The number of fused-ring (bicyclic) bond motifs is 1. The van der Waals surface area contributed by atoms with Gasteiger partial charge in [-0.2, -0.15) is 0 Å². The fourth-order valence-electron chi connectivity index (χ4n) is 3.19. The van der Waals surface area contributed by atoms with Crippen LogP contribution in [0.5, 0.6) is 0 Å². The van der Waals surface area contributed by atoms with Gasteiger partial charge < -0.3 is 15.0 Å². The van der Waals surface area contributed by atoms with E-state index in [-0.39, 0.29) is 11.6 Å². The van der Waals surface area contributed by atoms with Crippen LogP contribution in [0.15, 0.2) is 54.2 Å². The van der Waals surface area contributed by atoms with Gasteiger partial charge in [0.2, 0.25) is 0 Å². The molecule has 1 aromatic carbocycles. The molecule has 0 unspecified atom stereocenters. The van der Waals surface area contributed by atoms with Crippen molar-refractivity contribution in [1.82, 2.24) is 19.6 Å². The van der Waals surface area contributed by atoms with Gasteiger partial charge in [-0.05, 0) is 24.3 Å². The molecule has 1 saturated heterocycles. The number of nitrogens with one attached hydrogen (secondary N) is 1. The summed E-state index contributed by atoms with van der Waals surface area (Å²) in [4.78, 5) is 20.1. The van der Waals surface area contributed by atoms with Gasteiger partial charge in [-0.25, -0.2) is 4.98 Å². The maximum atomic E-state index is 12.5. The molecule has 0 saturated carbocycles. The Morgan fingerprint density at radius 1 is 1.07 bits per heavy atom. The average molecular weight is 406 g/mol. The summed E-state index contributed by atoms with van der Waals surface area (Å²) in [6, 6.07) is 11.1. The molecular weight excluding hydrogens is 388 g/mol. The molecule has 1 aliphatic rings. The van der Waals surface area contributed by atoms with Gasteiger partial charge in [0.25, 0.3) is 5.91 Å². The summed E-state index contributed by atoms with van der Waals surface area (Å²) in [5.74, 6) is 0.468. The predicted octanol–water partition coefficient (Wildman–Crippen LogP) is 2.94. The van der Waals surface area contributed by atoms with E-state index in [1.54, 1.807) is 17.4 Å². The summed E-state index contributed by atoms with van der Waals surface area (Å²) in [5, 5.41) is 13.1. The minimum absolute atomic E-state index is 0.278. The molecule has 4 aromatic rings. The number of morpholine rings is 1. The van der Waals surface area contributed by atoms with E-state index in [0.717, 1.165) is 35.1 Å². The molecule has 1 aliphatic heterocycles. The van der Waals surface area contributed by atoms with E-state index < -0.39 is 0 Å². The van der Waals surface area contributed by atoms with E-state index in [1.807, 2.05) is 52.5 Å². The lowest BCUT2D eigenvalue weighted by molar-refractivity contribution is 0.102. The second-order valence-corrected chi connectivity index (χ2v) is 7.50. The number of aromatic nitrogens is 4. The van der Waals surface area contributed by atoms with E-state index in [1.165, 1.54) is 0 Å². The van der Waals surface area contributed by atoms with Crippen LogP contribution in [0, 0.1) is 0 Å². The van der Waals surface area contributed by atoms with Gasteiger partial charge in [0.15, 0.2) is 16.5 Å².